The lowest BCUT2D eigenvalue weighted by atomic mass is 9.87. The number of nitrogens with zero attached hydrogens (tertiary/aromatic N) is 2. The zero-order valence-corrected chi connectivity index (χ0v) is 16.5. The van der Waals surface area contributed by atoms with Crippen LogP contribution in [0.1, 0.15) is 31.9 Å². The topological polar surface area (TPSA) is 34.9 Å². The first-order chi connectivity index (χ1) is 13.4. The number of hydrogen-bond acceptors (Lipinski definition) is 2. The molecular weight excluding hydrogens is 344 g/mol. The lowest BCUT2D eigenvalue weighted by molar-refractivity contribution is 0.589. The van der Waals surface area contributed by atoms with Crippen molar-refractivity contribution in [2.24, 2.45) is 0 Å². The van der Waals surface area contributed by atoms with Crippen molar-refractivity contribution in [2.75, 3.05) is 0 Å². The molecule has 0 radical (unpaired) electrons. The lowest BCUT2D eigenvalue weighted by Crippen LogP contribution is -2.24. The predicted octanol–water partition coefficient (Wildman–Crippen LogP) is 5.41. The van der Waals surface area contributed by atoms with Crippen molar-refractivity contribution >= 4 is 11.0 Å². The highest BCUT2D eigenvalue weighted by atomic mass is 16.1. The number of aromatic nitrogens is 2. The van der Waals surface area contributed by atoms with E-state index in [0.717, 1.165) is 22.2 Å². The van der Waals surface area contributed by atoms with Crippen molar-refractivity contribution in [1.82, 2.24) is 9.55 Å². The highest BCUT2D eigenvalue weighted by molar-refractivity contribution is 5.77. The normalized spacial score (nSPS) is 11.7. The summed E-state index contributed by atoms with van der Waals surface area (Å²) >= 11 is 0. The Morgan fingerprint density at radius 3 is 2.14 bits per heavy atom. The van der Waals surface area contributed by atoms with Gasteiger partial charge in [-0.05, 0) is 28.7 Å². The van der Waals surface area contributed by atoms with Crippen molar-refractivity contribution in [2.45, 2.75) is 32.7 Å². The Morgan fingerprint density at radius 2 is 1.46 bits per heavy atom. The first kappa shape index (κ1) is 18.2. The van der Waals surface area contributed by atoms with E-state index in [1.807, 2.05) is 59.2 Å². The molecule has 140 valence electrons. The Labute approximate surface area is 165 Å². The van der Waals surface area contributed by atoms with Crippen LogP contribution in [0.2, 0.25) is 0 Å². The molecule has 0 fully saturated rings. The highest BCUT2D eigenvalue weighted by Gasteiger charge is 2.15. The van der Waals surface area contributed by atoms with Crippen LogP contribution in [0.4, 0.5) is 0 Å². The van der Waals surface area contributed by atoms with Crippen molar-refractivity contribution < 1.29 is 0 Å². The minimum absolute atomic E-state index is 0.0650. The third-order valence-corrected chi connectivity index (χ3v) is 5.06. The summed E-state index contributed by atoms with van der Waals surface area (Å²) in [6.45, 7) is 7.13. The van der Waals surface area contributed by atoms with Crippen LogP contribution in [0.3, 0.4) is 0 Å². The largest absolute Gasteiger partial charge is 0.300 e. The van der Waals surface area contributed by atoms with E-state index in [2.05, 4.69) is 50.0 Å². The number of benzene rings is 3. The molecule has 28 heavy (non-hydrogen) atoms. The van der Waals surface area contributed by atoms with E-state index in [1.54, 1.807) is 0 Å². The SMILES string of the molecule is CC(C)(C)c1ccc(Cn2c(=O)c(-c3ccccc3)nc3ccccc32)cc1. The molecule has 0 aliphatic heterocycles. The van der Waals surface area contributed by atoms with Crippen LogP contribution in [-0.4, -0.2) is 9.55 Å². The van der Waals surface area contributed by atoms with E-state index in [-0.39, 0.29) is 11.0 Å². The Bertz CT molecular complexity index is 1170. The monoisotopic (exact) mass is 368 g/mol. The zero-order valence-electron chi connectivity index (χ0n) is 16.5. The van der Waals surface area contributed by atoms with Crippen LogP contribution in [0.15, 0.2) is 83.7 Å². The van der Waals surface area contributed by atoms with Gasteiger partial charge in [-0.15, -0.1) is 0 Å². The third-order valence-electron chi connectivity index (χ3n) is 5.06. The van der Waals surface area contributed by atoms with Gasteiger partial charge in [0.05, 0.1) is 17.6 Å². The van der Waals surface area contributed by atoms with E-state index in [4.69, 9.17) is 0 Å². The molecule has 0 saturated heterocycles. The van der Waals surface area contributed by atoms with Crippen LogP contribution in [0.25, 0.3) is 22.3 Å². The summed E-state index contributed by atoms with van der Waals surface area (Å²) in [7, 11) is 0. The van der Waals surface area contributed by atoms with E-state index in [9.17, 15) is 4.79 Å². The maximum Gasteiger partial charge on any atom is 0.277 e. The first-order valence-electron chi connectivity index (χ1n) is 9.58. The molecule has 0 bridgehead atoms. The van der Waals surface area contributed by atoms with Gasteiger partial charge in [-0.3, -0.25) is 4.79 Å². The lowest BCUT2D eigenvalue weighted by Gasteiger charge is -2.19. The fourth-order valence-corrected chi connectivity index (χ4v) is 3.43. The molecule has 4 rings (SSSR count). The molecule has 4 aromatic rings. The quantitative estimate of drug-likeness (QED) is 0.485. The van der Waals surface area contributed by atoms with Gasteiger partial charge in [0, 0.05) is 5.56 Å². The maximum absolute atomic E-state index is 13.3. The molecule has 0 amide bonds. The summed E-state index contributed by atoms with van der Waals surface area (Å²) in [6.07, 6.45) is 0. The van der Waals surface area contributed by atoms with Crippen LogP contribution in [0.5, 0.6) is 0 Å². The summed E-state index contributed by atoms with van der Waals surface area (Å²) in [4.78, 5) is 18.0. The van der Waals surface area contributed by atoms with Crippen molar-refractivity contribution in [3.8, 4) is 11.3 Å². The van der Waals surface area contributed by atoms with Crippen molar-refractivity contribution in [1.29, 1.82) is 0 Å². The summed E-state index contributed by atoms with van der Waals surface area (Å²) in [6, 6.07) is 26.0. The van der Waals surface area contributed by atoms with Gasteiger partial charge in [-0.2, -0.15) is 0 Å². The van der Waals surface area contributed by atoms with Gasteiger partial charge in [0.15, 0.2) is 0 Å². The minimum Gasteiger partial charge on any atom is -0.300 e. The molecule has 3 nitrogen and oxygen atoms in total. The second kappa shape index (κ2) is 7.08. The second-order valence-corrected chi connectivity index (χ2v) is 8.15. The fourth-order valence-electron chi connectivity index (χ4n) is 3.43. The highest BCUT2D eigenvalue weighted by Crippen LogP contribution is 2.23. The summed E-state index contributed by atoms with van der Waals surface area (Å²) in [5, 5.41) is 0. The molecular formula is C25H24N2O. The summed E-state index contributed by atoms with van der Waals surface area (Å²) in [5.41, 5.74) is 5.45. The number of hydrogen-bond donors (Lipinski definition) is 0. The molecule has 1 aromatic heterocycles. The molecule has 0 unspecified atom stereocenters. The number of fused-ring (bicyclic) bond motifs is 1. The smallest absolute Gasteiger partial charge is 0.277 e. The van der Waals surface area contributed by atoms with E-state index < -0.39 is 0 Å². The Hall–Kier alpha value is -3.20. The van der Waals surface area contributed by atoms with Gasteiger partial charge >= 0.3 is 0 Å². The van der Waals surface area contributed by atoms with Gasteiger partial charge < -0.3 is 4.57 Å². The molecule has 0 saturated carbocycles. The van der Waals surface area contributed by atoms with Crippen LogP contribution < -0.4 is 5.56 Å². The zero-order chi connectivity index (χ0) is 19.7. The van der Waals surface area contributed by atoms with Crippen molar-refractivity contribution in [3.05, 3.63) is 100 Å². The van der Waals surface area contributed by atoms with Gasteiger partial charge in [-0.25, -0.2) is 4.98 Å². The molecule has 0 aliphatic carbocycles. The number of rotatable bonds is 3. The Balaban J connectivity index is 1.84. The minimum atomic E-state index is -0.0650. The van der Waals surface area contributed by atoms with Gasteiger partial charge in [0.25, 0.3) is 5.56 Å². The predicted molar refractivity (Wildman–Crippen MR) is 116 cm³/mol. The molecule has 0 aliphatic rings. The first-order valence-corrected chi connectivity index (χ1v) is 9.58. The summed E-state index contributed by atoms with van der Waals surface area (Å²) < 4.78 is 1.83. The van der Waals surface area contributed by atoms with Crippen LogP contribution in [0, 0.1) is 0 Å². The summed E-state index contributed by atoms with van der Waals surface area (Å²) in [5.74, 6) is 0. The number of para-hydroxylation sites is 2. The van der Waals surface area contributed by atoms with Gasteiger partial charge in [-0.1, -0.05) is 87.5 Å². The molecule has 3 heteroatoms. The second-order valence-electron chi connectivity index (χ2n) is 8.15. The maximum atomic E-state index is 13.3. The molecule has 0 N–H and O–H groups in total. The van der Waals surface area contributed by atoms with Crippen LogP contribution in [-0.2, 0) is 12.0 Å². The van der Waals surface area contributed by atoms with Crippen LogP contribution >= 0.6 is 0 Å². The molecule has 1 heterocycles. The average Bonchev–Trinajstić information content (AvgIpc) is 2.70. The Kier molecular flexibility index (Phi) is 4.60. The molecule has 0 atom stereocenters. The van der Waals surface area contributed by atoms with E-state index in [0.29, 0.717) is 12.2 Å². The standard InChI is InChI=1S/C25H24N2O/c1-25(2,3)20-15-13-18(14-16-20)17-27-22-12-8-7-11-21(22)26-23(24(27)28)19-9-5-4-6-10-19/h4-16H,17H2,1-3H3. The fraction of sp³-hybridized carbons (Fsp3) is 0.200. The average molecular weight is 368 g/mol. The Morgan fingerprint density at radius 1 is 0.821 bits per heavy atom. The van der Waals surface area contributed by atoms with Crippen molar-refractivity contribution in [3.63, 3.8) is 0 Å². The third kappa shape index (κ3) is 3.48. The van der Waals surface area contributed by atoms with Gasteiger partial charge in [0.1, 0.15) is 5.69 Å². The van der Waals surface area contributed by atoms with E-state index >= 15 is 0 Å². The van der Waals surface area contributed by atoms with Gasteiger partial charge in [0.2, 0.25) is 0 Å². The molecule has 3 aromatic carbocycles. The van der Waals surface area contributed by atoms with E-state index in [1.165, 1.54) is 5.56 Å². The molecule has 0 spiro atoms.